The molecule has 1 aliphatic rings. The minimum atomic E-state index is -0.365. The topological polar surface area (TPSA) is 44.3 Å². The maximum Gasteiger partial charge on any atom is 0.224 e. The second kappa shape index (κ2) is 6.14. The van der Waals surface area contributed by atoms with E-state index in [-0.39, 0.29) is 5.82 Å². The van der Waals surface area contributed by atoms with Crippen LogP contribution in [0, 0.1) is 11.7 Å². The van der Waals surface area contributed by atoms with Gasteiger partial charge in [0.15, 0.2) is 11.6 Å². The summed E-state index contributed by atoms with van der Waals surface area (Å²) in [5, 5.41) is 3.01. The maximum absolute atomic E-state index is 13.8. The Morgan fingerprint density at radius 3 is 3.00 bits per heavy atom. The van der Waals surface area contributed by atoms with Gasteiger partial charge in [-0.15, -0.1) is 0 Å². The van der Waals surface area contributed by atoms with E-state index < -0.39 is 0 Å². The number of anilines is 2. The van der Waals surface area contributed by atoms with E-state index in [1.807, 2.05) is 18.9 Å². The first kappa shape index (κ1) is 14.0. The minimum Gasteiger partial charge on any atom is -0.357 e. The van der Waals surface area contributed by atoms with Gasteiger partial charge in [0.1, 0.15) is 0 Å². The molecule has 106 valence electrons. The van der Waals surface area contributed by atoms with Crippen LogP contribution in [-0.2, 0) is 0 Å². The summed E-state index contributed by atoms with van der Waals surface area (Å²) in [5.41, 5.74) is 0. The number of rotatable bonds is 5. The number of aromatic nitrogens is 2. The van der Waals surface area contributed by atoms with Gasteiger partial charge in [-0.3, -0.25) is 0 Å². The third-order valence-electron chi connectivity index (χ3n) is 3.44. The van der Waals surface area contributed by atoms with Crippen molar-refractivity contribution in [2.24, 2.45) is 5.92 Å². The Balaban J connectivity index is 2.04. The summed E-state index contributed by atoms with van der Waals surface area (Å²) < 4.78 is 13.8. The van der Waals surface area contributed by atoms with Crippen molar-refractivity contribution >= 4 is 11.8 Å². The molecule has 1 aliphatic heterocycles. The summed E-state index contributed by atoms with van der Waals surface area (Å²) in [7, 11) is 4.01. The van der Waals surface area contributed by atoms with E-state index in [0.29, 0.717) is 17.7 Å². The van der Waals surface area contributed by atoms with Gasteiger partial charge in [-0.05, 0) is 32.9 Å². The molecule has 6 heteroatoms. The lowest BCUT2D eigenvalue weighted by molar-refractivity contribution is 0.395. The molecule has 1 atom stereocenters. The van der Waals surface area contributed by atoms with Gasteiger partial charge in [0.2, 0.25) is 5.95 Å². The summed E-state index contributed by atoms with van der Waals surface area (Å²) in [6.07, 6.45) is 2.39. The van der Waals surface area contributed by atoms with Gasteiger partial charge in [-0.25, -0.2) is 9.37 Å². The van der Waals surface area contributed by atoms with Gasteiger partial charge >= 0.3 is 0 Å². The number of nitrogens with one attached hydrogen (secondary N) is 1. The van der Waals surface area contributed by atoms with Crippen molar-refractivity contribution in [1.82, 2.24) is 14.9 Å². The van der Waals surface area contributed by atoms with E-state index in [4.69, 9.17) is 0 Å². The molecule has 1 saturated heterocycles. The predicted octanol–water partition coefficient (Wildman–Crippen LogP) is 1.44. The van der Waals surface area contributed by atoms with Crippen molar-refractivity contribution in [2.45, 2.75) is 13.3 Å². The number of nitrogens with zero attached hydrogens (tertiary/aromatic N) is 4. The van der Waals surface area contributed by atoms with E-state index in [1.165, 1.54) is 6.20 Å². The molecule has 0 radical (unpaired) electrons. The first-order valence-electron chi connectivity index (χ1n) is 6.76. The summed E-state index contributed by atoms with van der Waals surface area (Å²) >= 11 is 0. The summed E-state index contributed by atoms with van der Waals surface area (Å²) in [5.74, 6) is 1.07. The summed E-state index contributed by atoms with van der Waals surface area (Å²) in [4.78, 5) is 12.4. The van der Waals surface area contributed by atoms with Crippen LogP contribution < -0.4 is 10.2 Å². The fraction of sp³-hybridized carbons (Fsp3) is 0.692. The lowest BCUT2D eigenvalue weighted by Crippen LogP contribution is -2.29. The lowest BCUT2D eigenvalue weighted by atomic mass is 10.1. The zero-order valence-corrected chi connectivity index (χ0v) is 11.9. The molecule has 2 rings (SSSR count). The SMILES string of the molecule is CCNc1ncc(F)c(N(C)CC2CCN(C)C2)n1. The van der Waals surface area contributed by atoms with Crippen LogP contribution in [0.25, 0.3) is 0 Å². The fourth-order valence-electron chi connectivity index (χ4n) is 2.52. The molecule has 2 heterocycles. The van der Waals surface area contributed by atoms with Crippen LogP contribution in [0.1, 0.15) is 13.3 Å². The Morgan fingerprint density at radius 1 is 1.58 bits per heavy atom. The number of halogens is 1. The van der Waals surface area contributed by atoms with Crippen molar-refractivity contribution < 1.29 is 4.39 Å². The van der Waals surface area contributed by atoms with E-state index >= 15 is 0 Å². The highest BCUT2D eigenvalue weighted by atomic mass is 19.1. The van der Waals surface area contributed by atoms with E-state index in [1.54, 1.807) is 0 Å². The van der Waals surface area contributed by atoms with Gasteiger partial charge in [-0.1, -0.05) is 0 Å². The molecule has 1 fully saturated rings. The molecule has 1 aromatic heterocycles. The Kier molecular flexibility index (Phi) is 4.52. The molecule has 0 aromatic carbocycles. The first-order chi connectivity index (χ1) is 9.10. The molecule has 1 unspecified atom stereocenters. The third kappa shape index (κ3) is 3.53. The predicted molar refractivity (Wildman–Crippen MR) is 75.0 cm³/mol. The van der Waals surface area contributed by atoms with Gasteiger partial charge in [0, 0.05) is 26.7 Å². The van der Waals surface area contributed by atoms with Crippen LogP contribution in [-0.4, -0.2) is 55.1 Å². The van der Waals surface area contributed by atoms with Crippen LogP contribution in [0.4, 0.5) is 16.2 Å². The number of hydrogen-bond acceptors (Lipinski definition) is 5. The molecule has 0 bridgehead atoms. The van der Waals surface area contributed by atoms with E-state index in [9.17, 15) is 4.39 Å². The zero-order valence-electron chi connectivity index (χ0n) is 11.9. The standard InChI is InChI=1S/C13H22FN5/c1-4-15-13-16-7-11(14)12(17-13)19(3)9-10-5-6-18(2)8-10/h7,10H,4-6,8-9H2,1-3H3,(H,15,16,17). The van der Waals surface area contributed by atoms with Crippen LogP contribution in [0.5, 0.6) is 0 Å². The van der Waals surface area contributed by atoms with Crippen LogP contribution >= 0.6 is 0 Å². The van der Waals surface area contributed by atoms with Gasteiger partial charge < -0.3 is 15.1 Å². The van der Waals surface area contributed by atoms with Crippen molar-refractivity contribution in [2.75, 3.05) is 50.5 Å². The molecule has 0 saturated carbocycles. The molecular formula is C13H22FN5. The largest absolute Gasteiger partial charge is 0.357 e. The van der Waals surface area contributed by atoms with Crippen molar-refractivity contribution in [3.63, 3.8) is 0 Å². The Hall–Kier alpha value is -1.43. The van der Waals surface area contributed by atoms with Gasteiger partial charge in [0.05, 0.1) is 6.20 Å². The van der Waals surface area contributed by atoms with Gasteiger partial charge in [0.25, 0.3) is 0 Å². The minimum absolute atomic E-state index is 0.365. The van der Waals surface area contributed by atoms with Crippen molar-refractivity contribution in [1.29, 1.82) is 0 Å². The Bertz CT molecular complexity index is 425. The molecule has 1 aromatic rings. The van der Waals surface area contributed by atoms with Crippen LogP contribution in [0.15, 0.2) is 6.20 Å². The lowest BCUT2D eigenvalue weighted by Gasteiger charge is -2.22. The van der Waals surface area contributed by atoms with E-state index in [2.05, 4.69) is 27.2 Å². The zero-order chi connectivity index (χ0) is 13.8. The molecule has 1 N–H and O–H groups in total. The van der Waals surface area contributed by atoms with Crippen molar-refractivity contribution in [3.8, 4) is 0 Å². The number of hydrogen-bond donors (Lipinski definition) is 1. The second-order valence-corrected chi connectivity index (χ2v) is 5.19. The molecule has 5 nitrogen and oxygen atoms in total. The molecular weight excluding hydrogens is 245 g/mol. The normalized spacial score (nSPS) is 19.7. The first-order valence-corrected chi connectivity index (χ1v) is 6.76. The summed E-state index contributed by atoms with van der Waals surface area (Å²) in [6, 6.07) is 0. The van der Waals surface area contributed by atoms with Gasteiger partial charge in [-0.2, -0.15) is 4.98 Å². The van der Waals surface area contributed by atoms with Crippen LogP contribution in [0.2, 0.25) is 0 Å². The smallest absolute Gasteiger partial charge is 0.224 e. The molecule has 0 spiro atoms. The average Bonchev–Trinajstić information content (AvgIpc) is 2.77. The second-order valence-electron chi connectivity index (χ2n) is 5.19. The fourth-order valence-corrected chi connectivity index (χ4v) is 2.52. The van der Waals surface area contributed by atoms with E-state index in [0.717, 1.165) is 32.6 Å². The number of likely N-dealkylation sites (tertiary alicyclic amines) is 1. The highest BCUT2D eigenvalue weighted by Gasteiger charge is 2.22. The third-order valence-corrected chi connectivity index (χ3v) is 3.44. The molecule has 0 amide bonds. The molecule has 19 heavy (non-hydrogen) atoms. The highest BCUT2D eigenvalue weighted by molar-refractivity contribution is 5.43. The Labute approximate surface area is 113 Å². The quantitative estimate of drug-likeness (QED) is 0.874. The highest BCUT2D eigenvalue weighted by Crippen LogP contribution is 2.20. The molecule has 0 aliphatic carbocycles. The van der Waals surface area contributed by atoms with Crippen LogP contribution in [0.3, 0.4) is 0 Å². The maximum atomic E-state index is 13.8. The van der Waals surface area contributed by atoms with Crippen molar-refractivity contribution in [3.05, 3.63) is 12.0 Å². The monoisotopic (exact) mass is 267 g/mol. The Morgan fingerprint density at radius 2 is 2.37 bits per heavy atom. The summed E-state index contributed by atoms with van der Waals surface area (Å²) in [6.45, 7) is 5.70. The average molecular weight is 267 g/mol.